The number of hydrogen-bond donors (Lipinski definition) is 1. The van der Waals surface area contributed by atoms with E-state index in [0.717, 1.165) is 23.1 Å². The van der Waals surface area contributed by atoms with Gasteiger partial charge in [0.15, 0.2) is 5.78 Å². The van der Waals surface area contributed by atoms with Crippen molar-refractivity contribution in [2.75, 3.05) is 6.61 Å². The molecule has 2 aromatic rings. The zero-order valence-corrected chi connectivity index (χ0v) is 12.7. The highest BCUT2D eigenvalue weighted by Gasteiger charge is 2.32. The fourth-order valence-corrected chi connectivity index (χ4v) is 2.83. The molecule has 0 amide bonds. The number of aromatic amines is 1. The number of rotatable bonds is 4. The molecule has 1 aromatic heterocycles. The number of ketones is 1. The molecule has 4 heteroatoms. The molecule has 1 aromatic carbocycles. The zero-order valence-electron chi connectivity index (χ0n) is 12.7. The molecule has 2 heterocycles. The molecule has 0 aliphatic carbocycles. The van der Waals surface area contributed by atoms with Gasteiger partial charge in [0.2, 0.25) is 0 Å². The van der Waals surface area contributed by atoms with E-state index in [2.05, 4.69) is 11.9 Å². The minimum absolute atomic E-state index is 0.0629. The summed E-state index contributed by atoms with van der Waals surface area (Å²) in [6.07, 6.45) is 2.51. The summed E-state index contributed by atoms with van der Waals surface area (Å²) in [5, 5.41) is 0.904. The molecule has 1 aliphatic rings. The molecule has 4 nitrogen and oxygen atoms in total. The van der Waals surface area contributed by atoms with Crippen LogP contribution in [0.4, 0.5) is 0 Å². The van der Waals surface area contributed by atoms with Crippen molar-refractivity contribution in [2.45, 2.75) is 39.4 Å². The van der Waals surface area contributed by atoms with Crippen LogP contribution in [0.25, 0.3) is 10.9 Å². The first-order valence-electron chi connectivity index (χ1n) is 7.50. The minimum atomic E-state index is -0.321. The number of nitrogens with one attached hydrogen (secondary N) is 1. The van der Waals surface area contributed by atoms with Crippen LogP contribution in [0.3, 0.4) is 0 Å². The van der Waals surface area contributed by atoms with Gasteiger partial charge in [-0.1, -0.05) is 6.92 Å². The van der Waals surface area contributed by atoms with Gasteiger partial charge in [0.1, 0.15) is 11.9 Å². The van der Waals surface area contributed by atoms with Gasteiger partial charge in [0, 0.05) is 29.3 Å². The number of hydrogen-bond acceptors (Lipinski definition) is 3. The fourth-order valence-electron chi connectivity index (χ4n) is 2.83. The van der Waals surface area contributed by atoms with E-state index in [9.17, 15) is 4.79 Å². The van der Waals surface area contributed by atoms with E-state index in [4.69, 9.17) is 9.47 Å². The first-order chi connectivity index (χ1) is 10.1. The highest BCUT2D eigenvalue weighted by molar-refractivity contribution is 6.10. The van der Waals surface area contributed by atoms with Crippen LogP contribution in [0.5, 0.6) is 5.75 Å². The monoisotopic (exact) mass is 287 g/mol. The van der Waals surface area contributed by atoms with E-state index in [-0.39, 0.29) is 23.9 Å². The summed E-state index contributed by atoms with van der Waals surface area (Å²) in [5.41, 5.74) is 1.64. The molecule has 1 saturated heterocycles. The second-order valence-corrected chi connectivity index (χ2v) is 6.00. The lowest BCUT2D eigenvalue weighted by Crippen LogP contribution is -2.25. The Morgan fingerprint density at radius 2 is 2.24 bits per heavy atom. The van der Waals surface area contributed by atoms with Crippen LogP contribution in [-0.4, -0.2) is 29.6 Å². The molecule has 2 atom stereocenters. The molecule has 0 radical (unpaired) electrons. The first-order valence-corrected chi connectivity index (χ1v) is 7.50. The standard InChI is InChI=1S/C17H21NO3/c1-10(2)21-12-4-5-15-13(8-12)14(9-18-15)16(19)17-11(3)6-7-20-17/h4-5,8-11,17-18H,6-7H2,1-3H3. The first kappa shape index (κ1) is 14.1. The van der Waals surface area contributed by atoms with Crippen molar-refractivity contribution in [3.05, 3.63) is 30.0 Å². The maximum Gasteiger partial charge on any atom is 0.193 e. The molecule has 1 fully saturated rings. The Balaban J connectivity index is 1.96. The molecule has 21 heavy (non-hydrogen) atoms. The Hall–Kier alpha value is -1.81. The number of Topliss-reactive ketones (excluding diaryl/α,β-unsaturated/α-hetero) is 1. The topological polar surface area (TPSA) is 51.3 Å². The summed E-state index contributed by atoms with van der Waals surface area (Å²) in [5.74, 6) is 1.12. The van der Waals surface area contributed by atoms with Crippen LogP contribution < -0.4 is 4.74 Å². The van der Waals surface area contributed by atoms with E-state index in [1.54, 1.807) is 6.20 Å². The Kier molecular flexibility index (Phi) is 3.72. The summed E-state index contributed by atoms with van der Waals surface area (Å²) in [6, 6.07) is 5.79. The van der Waals surface area contributed by atoms with Crippen molar-refractivity contribution >= 4 is 16.7 Å². The SMILES string of the molecule is CC(C)Oc1ccc2[nH]cc(C(=O)C3OCCC3C)c2c1. The van der Waals surface area contributed by atoms with Crippen LogP contribution >= 0.6 is 0 Å². The summed E-state index contributed by atoms with van der Waals surface area (Å²) < 4.78 is 11.3. The maximum atomic E-state index is 12.7. The highest BCUT2D eigenvalue weighted by Crippen LogP contribution is 2.29. The average molecular weight is 287 g/mol. The van der Waals surface area contributed by atoms with Gasteiger partial charge < -0.3 is 14.5 Å². The lowest BCUT2D eigenvalue weighted by Gasteiger charge is -2.13. The largest absolute Gasteiger partial charge is 0.491 e. The van der Waals surface area contributed by atoms with Gasteiger partial charge >= 0.3 is 0 Å². The van der Waals surface area contributed by atoms with Gasteiger partial charge in [0.05, 0.1) is 6.10 Å². The lowest BCUT2D eigenvalue weighted by atomic mass is 9.96. The Morgan fingerprint density at radius 1 is 1.43 bits per heavy atom. The smallest absolute Gasteiger partial charge is 0.193 e. The number of ether oxygens (including phenoxy) is 2. The van der Waals surface area contributed by atoms with Crippen LogP contribution in [0.1, 0.15) is 37.6 Å². The number of fused-ring (bicyclic) bond motifs is 1. The van der Waals surface area contributed by atoms with Crippen molar-refractivity contribution in [1.82, 2.24) is 4.98 Å². The van der Waals surface area contributed by atoms with Gasteiger partial charge in [0.25, 0.3) is 0 Å². The maximum absolute atomic E-state index is 12.7. The summed E-state index contributed by atoms with van der Waals surface area (Å²) in [6.45, 7) is 6.71. The van der Waals surface area contributed by atoms with Crippen LogP contribution in [-0.2, 0) is 4.74 Å². The Labute approximate surface area is 124 Å². The summed E-state index contributed by atoms with van der Waals surface area (Å²) in [7, 11) is 0. The lowest BCUT2D eigenvalue weighted by molar-refractivity contribution is 0.0581. The van der Waals surface area contributed by atoms with Crippen LogP contribution in [0.15, 0.2) is 24.4 Å². The number of H-pyrrole nitrogens is 1. The number of carbonyl (C=O) groups excluding carboxylic acids is 1. The average Bonchev–Trinajstić information content (AvgIpc) is 3.03. The Morgan fingerprint density at radius 3 is 2.90 bits per heavy atom. The fraction of sp³-hybridized carbons (Fsp3) is 0.471. The molecule has 1 N–H and O–H groups in total. The summed E-state index contributed by atoms with van der Waals surface area (Å²) >= 11 is 0. The number of carbonyl (C=O) groups is 1. The molecule has 1 aliphatic heterocycles. The van der Waals surface area contributed by atoms with Crippen molar-refractivity contribution in [1.29, 1.82) is 0 Å². The molecule has 2 unspecified atom stereocenters. The molecule has 112 valence electrons. The van der Waals surface area contributed by atoms with Crippen molar-refractivity contribution in [2.24, 2.45) is 5.92 Å². The van der Waals surface area contributed by atoms with Gasteiger partial charge in [-0.05, 0) is 44.4 Å². The Bertz CT molecular complexity index is 659. The van der Waals surface area contributed by atoms with Gasteiger partial charge in [-0.25, -0.2) is 0 Å². The zero-order chi connectivity index (χ0) is 15.0. The van der Waals surface area contributed by atoms with E-state index in [1.165, 1.54) is 0 Å². The van der Waals surface area contributed by atoms with Crippen molar-refractivity contribution in [3.63, 3.8) is 0 Å². The molecular weight excluding hydrogens is 266 g/mol. The van der Waals surface area contributed by atoms with Gasteiger partial charge in [-0.15, -0.1) is 0 Å². The predicted octanol–water partition coefficient (Wildman–Crippen LogP) is 3.56. The van der Waals surface area contributed by atoms with E-state index in [1.807, 2.05) is 32.0 Å². The highest BCUT2D eigenvalue weighted by atomic mass is 16.5. The molecule has 0 saturated carbocycles. The predicted molar refractivity (Wildman–Crippen MR) is 81.9 cm³/mol. The molecular formula is C17H21NO3. The van der Waals surface area contributed by atoms with Crippen molar-refractivity contribution in [3.8, 4) is 5.75 Å². The van der Waals surface area contributed by atoms with Crippen LogP contribution in [0.2, 0.25) is 0 Å². The third kappa shape index (κ3) is 2.68. The molecule has 0 bridgehead atoms. The second kappa shape index (κ2) is 5.53. The van der Waals surface area contributed by atoms with Gasteiger partial charge in [-0.2, -0.15) is 0 Å². The minimum Gasteiger partial charge on any atom is -0.491 e. The van der Waals surface area contributed by atoms with Crippen LogP contribution in [0, 0.1) is 5.92 Å². The number of aromatic nitrogens is 1. The normalized spacial score (nSPS) is 22.1. The van der Waals surface area contributed by atoms with E-state index in [0.29, 0.717) is 12.2 Å². The van der Waals surface area contributed by atoms with Crippen molar-refractivity contribution < 1.29 is 14.3 Å². The third-order valence-electron chi connectivity index (χ3n) is 3.94. The van der Waals surface area contributed by atoms with E-state index >= 15 is 0 Å². The third-order valence-corrected chi connectivity index (χ3v) is 3.94. The molecule has 3 rings (SSSR count). The summed E-state index contributed by atoms with van der Waals surface area (Å²) in [4.78, 5) is 15.8. The van der Waals surface area contributed by atoms with E-state index < -0.39 is 0 Å². The van der Waals surface area contributed by atoms with Gasteiger partial charge in [-0.3, -0.25) is 4.79 Å². The second-order valence-electron chi connectivity index (χ2n) is 6.00. The quantitative estimate of drug-likeness (QED) is 0.875. The number of benzene rings is 1. The molecule has 0 spiro atoms.